The quantitative estimate of drug-likeness (QED) is 0.727. The number of rotatable bonds is 3. The summed E-state index contributed by atoms with van der Waals surface area (Å²) in [5, 5.41) is 4.81. The third-order valence-electron chi connectivity index (χ3n) is 4.88. The maximum atomic E-state index is 12.9. The molecule has 1 aliphatic rings. The van der Waals surface area contributed by atoms with Gasteiger partial charge in [0.2, 0.25) is 0 Å². The van der Waals surface area contributed by atoms with Crippen LogP contribution < -0.4 is 0 Å². The van der Waals surface area contributed by atoms with E-state index in [4.69, 9.17) is 4.52 Å². The van der Waals surface area contributed by atoms with Crippen LogP contribution in [0.3, 0.4) is 0 Å². The number of aromatic nitrogens is 3. The van der Waals surface area contributed by atoms with Crippen LogP contribution in [0.1, 0.15) is 34.7 Å². The number of carbonyl (C=O) groups excluding carboxylic acids is 1. The van der Waals surface area contributed by atoms with E-state index in [0.717, 1.165) is 28.0 Å². The Balaban J connectivity index is 1.74. The van der Waals surface area contributed by atoms with Gasteiger partial charge in [-0.2, -0.15) is 0 Å². The molecule has 4 rings (SSSR count). The van der Waals surface area contributed by atoms with Crippen LogP contribution in [0.5, 0.6) is 0 Å². The molecule has 3 aromatic heterocycles. The molecule has 1 aliphatic heterocycles. The van der Waals surface area contributed by atoms with Crippen molar-refractivity contribution in [3.63, 3.8) is 0 Å². The standard InChI is InChI=1S/C18H19N3O3S/c1-10-16(11(2)24-21-10)13-7-14-15(9-20-18(14)19-8-13)17(22)12-3-5-25(23)6-4-12/h7-9,12H,3-6H2,1-2H3,(H,19,20). The fraction of sp³-hybridized carbons (Fsp3) is 0.389. The molecule has 0 aromatic carbocycles. The van der Waals surface area contributed by atoms with Crippen molar-refractivity contribution < 1.29 is 13.5 Å². The van der Waals surface area contributed by atoms with Gasteiger partial charge in [-0.05, 0) is 32.8 Å². The molecule has 0 amide bonds. The number of Topliss-reactive ketones (excluding diaryl/α,β-unsaturated/α-hetero) is 1. The molecule has 1 fully saturated rings. The summed E-state index contributed by atoms with van der Waals surface area (Å²) in [5.41, 5.74) is 3.97. The average Bonchev–Trinajstić information content (AvgIpc) is 3.17. The molecule has 0 bridgehead atoms. The van der Waals surface area contributed by atoms with E-state index in [0.29, 0.717) is 35.6 Å². The highest BCUT2D eigenvalue weighted by Crippen LogP contribution is 2.31. The van der Waals surface area contributed by atoms with Gasteiger partial charge in [0.1, 0.15) is 11.4 Å². The van der Waals surface area contributed by atoms with E-state index in [1.54, 1.807) is 12.4 Å². The van der Waals surface area contributed by atoms with Crippen LogP contribution in [0.4, 0.5) is 0 Å². The fourth-order valence-corrected chi connectivity index (χ4v) is 4.81. The van der Waals surface area contributed by atoms with E-state index in [9.17, 15) is 9.00 Å². The molecular weight excluding hydrogens is 338 g/mol. The molecule has 0 spiro atoms. The van der Waals surface area contributed by atoms with Crippen molar-refractivity contribution in [2.24, 2.45) is 5.92 Å². The van der Waals surface area contributed by atoms with Gasteiger partial charge in [-0.3, -0.25) is 9.00 Å². The van der Waals surface area contributed by atoms with Crippen molar-refractivity contribution in [2.45, 2.75) is 26.7 Å². The van der Waals surface area contributed by atoms with Gasteiger partial charge in [-0.15, -0.1) is 0 Å². The number of aryl methyl sites for hydroxylation is 2. The van der Waals surface area contributed by atoms with E-state index >= 15 is 0 Å². The van der Waals surface area contributed by atoms with Gasteiger partial charge in [0.05, 0.1) is 5.69 Å². The minimum Gasteiger partial charge on any atom is -0.361 e. The first-order valence-electron chi connectivity index (χ1n) is 8.34. The third kappa shape index (κ3) is 2.82. The Morgan fingerprint density at radius 2 is 2.08 bits per heavy atom. The largest absolute Gasteiger partial charge is 0.361 e. The Bertz CT molecular complexity index is 959. The lowest BCUT2D eigenvalue weighted by atomic mass is 9.92. The highest BCUT2D eigenvalue weighted by Gasteiger charge is 2.27. The SMILES string of the molecule is Cc1noc(C)c1-c1cnc2[nH]cc(C(=O)C3CCS(=O)CC3)c2c1. The maximum absolute atomic E-state index is 12.9. The number of hydrogen-bond acceptors (Lipinski definition) is 5. The van der Waals surface area contributed by atoms with Crippen molar-refractivity contribution in [3.8, 4) is 11.1 Å². The number of carbonyl (C=O) groups is 1. The smallest absolute Gasteiger partial charge is 0.168 e. The minimum atomic E-state index is -0.770. The number of nitrogens with zero attached hydrogens (tertiary/aromatic N) is 2. The Hall–Kier alpha value is -2.28. The molecule has 0 aliphatic carbocycles. The van der Waals surface area contributed by atoms with E-state index in [2.05, 4.69) is 15.1 Å². The Morgan fingerprint density at radius 1 is 1.32 bits per heavy atom. The van der Waals surface area contributed by atoms with Gasteiger partial charge in [0, 0.05) is 62.7 Å². The van der Waals surface area contributed by atoms with Crippen molar-refractivity contribution in [2.75, 3.05) is 11.5 Å². The van der Waals surface area contributed by atoms with Gasteiger partial charge in [-0.1, -0.05) is 5.16 Å². The van der Waals surface area contributed by atoms with E-state index in [1.165, 1.54) is 0 Å². The molecule has 6 nitrogen and oxygen atoms in total. The second kappa shape index (κ2) is 6.22. The lowest BCUT2D eigenvalue weighted by Gasteiger charge is -2.19. The number of H-pyrrole nitrogens is 1. The number of hydrogen-bond donors (Lipinski definition) is 1. The van der Waals surface area contributed by atoms with Crippen molar-refractivity contribution >= 4 is 27.6 Å². The molecule has 3 aromatic rings. The zero-order chi connectivity index (χ0) is 17.6. The van der Waals surface area contributed by atoms with Crippen LogP contribution in [0, 0.1) is 19.8 Å². The number of nitrogens with one attached hydrogen (secondary N) is 1. The molecule has 0 unspecified atom stereocenters. The highest BCUT2D eigenvalue weighted by molar-refractivity contribution is 7.85. The molecule has 4 heterocycles. The number of fused-ring (bicyclic) bond motifs is 1. The zero-order valence-corrected chi connectivity index (χ0v) is 15.0. The summed E-state index contributed by atoms with van der Waals surface area (Å²) in [7, 11) is -0.770. The minimum absolute atomic E-state index is 0.0561. The van der Waals surface area contributed by atoms with Crippen LogP contribution in [-0.2, 0) is 10.8 Å². The van der Waals surface area contributed by atoms with Gasteiger partial charge < -0.3 is 9.51 Å². The predicted octanol–water partition coefficient (Wildman–Crippen LogP) is 3.18. The highest BCUT2D eigenvalue weighted by atomic mass is 32.2. The van der Waals surface area contributed by atoms with Crippen LogP contribution in [0.15, 0.2) is 23.0 Å². The summed E-state index contributed by atoms with van der Waals surface area (Å²) in [6.45, 7) is 3.76. The molecule has 25 heavy (non-hydrogen) atoms. The normalized spacial score (nSPS) is 20.9. The summed E-state index contributed by atoms with van der Waals surface area (Å²) >= 11 is 0. The topological polar surface area (TPSA) is 88.8 Å². The zero-order valence-electron chi connectivity index (χ0n) is 14.2. The van der Waals surface area contributed by atoms with Gasteiger partial charge in [0.25, 0.3) is 0 Å². The summed E-state index contributed by atoms with van der Waals surface area (Å²) in [4.78, 5) is 20.5. The summed E-state index contributed by atoms with van der Waals surface area (Å²) in [5.74, 6) is 2.01. The summed E-state index contributed by atoms with van der Waals surface area (Å²) in [6, 6.07) is 1.97. The molecule has 7 heteroatoms. The van der Waals surface area contributed by atoms with Gasteiger partial charge in [-0.25, -0.2) is 4.98 Å². The van der Waals surface area contributed by atoms with E-state index in [1.807, 2.05) is 19.9 Å². The Morgan fingerprint density at radius 3 is 2.76 bits per heavy atom. The first-order chi connectivity index (χ1) is 12.0. The van der Waals surface area contributed by atoms with Gasteiger partial charge in [0.15, 0.2) is 5.78 Å². The van der Waals surface area contributed by atoms with Crippen molar-refractivity contribution in [1.82, 2.24) is 15.1 Å². The van der Waals surface area contributed by atoms with Crippen molar-refractivity contribution in [1.29, 1.82) is 0 Å². The van der Waals surface area contributed by atoms with Crippen molar-refractivity contribution in [3.05, 3.63) is 35.5 Å². The molecule has 0 saturated carbocycles. The molecular formula is C18H19N3O3S. The molecule has 1 saturated heterocycles. The van der Waals surface area contributed by atoms with E-state index in [-0.39, 0.29) is 11.7 Å². The lowest BCUT2D eigenvalue weighted by Crippen LogP contribution is -2.25. The maximum Gasteiger partial charge on any atom is 0.168 e. The van der Waals surface area contributed by atoms with E-state index < -0.39 is 10.8 Å². The summed E-state index contributed by atoms with van der Waals surface area (Å²) in [6.07, 6.45) is 4.89. The average molecular weight is 357 g/mol. The summed E-state index contributed by atoms with van der Waals surface area (Å²) < 4.78 is 16.8. The molecule has 0 radical (unpaired) electrons. The first-order valence-corrected chi connectivity index (χ1v) is 9.83. The predicted molar refractivity (Wildman–Crippen MR) is 96.0 cm³/mol. The third-order valence-corrected chi connectivity index (χ3v) is 6.26. The van der Waals surface area contributed by atoms with Gasteiger partial charge >= 0.3 is 0 Å². The fourth-order valence-electron chi connectivity index (χ4n) is 3.51. The molecule has 130 valence electrons. The number of ketones is 1. The second-order valence-electron chi connectivity index (χ2n) is 6.51. The monoisotopic (exact) mass is 357 g/mol. The first kappa shape index (κ1) is 16.2. The van der Waals surface area contributed by atoms with Crippen LogP contribution in [0.25, 0.3) is 22.2 Å². The Labute approximate surface area is 147 Å². The Kier molecular flexibility index (Phi) is 4.03. The van der Waals surface area contributed by atoms with Crippen LogP contribution in [-0.4, -0.2) is 36.6 Å². The second-order valence-corrected chi connectivity index (χ2v) is 8.20. The lowest BCUT2D eigenvalue weighted by molar-refractivity contribution is 0.0914. The molecule has 1 N–H and O–H groups in total. The van der Waals surface area contributed by atoms with Crippen LogP contribution in [0.2, 0.25) is 0 Å². The molecule has 0 atom stereocenters. The number of aromatic amines is 1. The number of pyridine rings is 1. The van der Waals surface area contributed by atoms with Crippen LogP contribution >= 0.6 is 0 Å².